The Bertz CT molecular complexity index is 1190. The Kier molecular flexibility index (Phi) is 10.3. The first-order valence-corrected chi connectivity index (χ1v) is 14.4. The molecular formula is C28H40FN3O4S. The molecule has 0 heterocycles. The lowest BCUT2D eigenvalue weighted by atomic mass is 10.0. The third kappa shape index (κ3) is 9.14. The second kappa shape index (κ2) is 12.5. The summed E-state index contributed by atoms with van der Waals surface area (Å²) in [6.07, 6.45) is 1.88. The molecule has 0 aromatic heterocycles. The van der Waals surface area contributed by atoms with Gasteiger partial charge in [-0.1, -0.05) is 31.2 Å². The molecule has 0 radical (unpaired) electrons. The Labute approximate surface area is 221 Å². The van der Waals surface area contributed by atoms with Crippen LogP contribution in [0.15, 0.2) is 42.5 Å². The summed E-state index contributed by atoms with van der Waals surface area (Å²) in [7, 11) is -3.57. The number of nitrogens with zero attached hydrogens (tertiary/aromatic N) is 2. The number of rotatable bonds is 11. The molecule has 0 spiro atoms. The van der Waals surface area contributed by atoms with E-state index in [9.17, 15) is 22.4 Å². The zero-order valence-corrected chi connectivity index (χ0v) is 23.8. The molecule has 0 saturated carbocycles. The molecular weight excluding hydrogens is 493 g/mol. The summed E-state index contributed by atoms with van der Waals surface area (Å²) in [6.45, 7) is 11.5. The number of benzene rings is 2. The summed E-state index contributed by atoms with van der Waals surface area (Å²) in [4.78, 5) is 28.1. The summed E-state index contributed by atoms with van der Waals surface area (Å²) >= 11 is 0. The van der Waals surface area contributed by atoms with E-state index in [0.717, 1.165) is 17.4 Å². The van der Waals surface area contributed by atoms with Gasteiger partial charge < -0.3 is 10.2 Å². The molecule has 9 heteroatoms. The Morgan fingerprint density at radius 3 is 2.22 bits per heavy atom. The molecule has 2 amide bonds. The number of carbonyl (C=O) groups is 2. The number of hydrogen-bond acceptors (Lipinski definition) is 4. The maximum Gasteiger partial charge on any atom is 0.243 e. The Hall–Kier alpha value is -2.94. The predicted molar refractivity (Wildman–Crippen MR) is 146 cm³/mol. The van der Waals surface area contributed by atoms with Crippen molar-refractivity contribution in [1.82, 2.24) is 10.2 Å². The van der Waals surface area contributed by atoms with Gasteiger partial charge in [-0.3, -0.25) is 13.9 Å². The van der Waals surface area contributed by atoms with Crippen LogP contribution in [0.3, 0.4) is 0 Å². The highest BCUT2D eigenvalue weighted by atomic mass is 32.2. The lowest BCUT2D eigenvalue weighted by Crippen LogP contribution is -2.53. The quantitative estimate of drug-likeness (QED) is 0.453. The molecule has 2 aromatic carbocycles. The van der Waals surface area contributed by atoms with Gasteiger partial charge in [0.05, 0.1) is 11.9 Å². The topological polar surface area (TPSA) is 86.8 Å². The summed E-state index contributed by atoms with van der Waals surface area (Å²) in [5.41, 5.74) is 2.58. The van der Waals surface area contributed by atoms with Crippen LogP contribution in [0, 0.1) is 19.7 Å². The molecule has 1 N–H and O–H groups in total. The van der Waals surface area contributed by atoms with Gasteiger partial charge in [0.2, 0.25) is 21.8 Å². The van der Waals surface area contributed by atoms with Gasteiger partial charge in [-0.25, -0.2) is 12.8 Å². The average Bonchev–Trinajstić information content (AvgIpc) is 2.77. The van der Waals surface area contributed by atoms with Gasteiger partial charge in [0.15, 0.2) is 0 Å². The highest BCUT2D eigenvalue weighted by Gasteiger charge is 2.30. The SMILES string of the molecule is CC[C@@H](C(=O)NC(C)(C)C)N(Cc1ccc(F)cc1)C(=O)CCCN(c1cc(C)ccc1C)S(C)(=O)=O. The van der Waals surface area contributed by atoms with E-state index in [-0.39, 0.29) is 43.6 Å². The van der Waals surface area contributed by atoms with Gasteiger partial charge in [-0.2, -0.15) is 0 Å². The van der Waals surface area contributed by atoms with E-state index in [0.29, 0.717) is 17.7 Å². The molecule has 0 bridgehead atoms. The van der Waals surface area contributed by atoms with Crippen LogP contribution >= 0.6 is 0 Å². The highest BCUT2D eigenvalue weighted by Crippen LogP contribution is 2.25. The van der Waals surface area contributed by atoms with Crippen molar-refractivity contribution < 1.29 is 22.4 Å². The fourth-order valence-electron chi connectivity index (χ4n) is 4.13. The van der Waals surface area contributed by atoms with Crippen molar-refractivity contribution in [3.8, 4) is 0 Å². The normalized spacial score (nSPS) is 12.6. The van der Waals surface area contributed by atoms with E-state index in [2.05, 4.69) is 5.32 Å². The fourth-order valence-corrected chi connectivity index (χ4v) is 5.14. The number of aryl methyl sites for hydroxylation is 2. The molecule has 204 valence electrons. The van der Waals surface area contributed by atoms with Gasteiger partial charge in [0, 0.05) is 25.0 Å². The van der Waals surface area contributed by atoms with Gasteiger partial charge in [0.25, 0.3) is 0 Å². The second-order valence-electron chi connectivity index (χ2n) is 10.5. The van der Waals surface area contributed by atoms with Crippen molar-refractivity contribution >= 4 is 27.5 Å². The summed E-state index contributed by atoms with van der Waals surface area (Å²) in [6, 6.07) is 10.7. The molecule has 2 rings (SSSR count). The molecule has 0 fully saturated rings. The minimum Gasteiger partial charge on any atom is -0.350 e. The smallest absolute Gasteiger partial charge is 0.243 e. The van der Waals surface area contributed by atoms with Crippen molar-refractivity contribution in [3.05, 3.63) is 65.0 Å². The van der Waals surface area contributed by atoms with E-state index < -0.39 is 21.6 Å². The van der Waals surface area contributed by atoms with E-state index in [1.54, 1.807) is 12.1 Å². The number of nitrogens with one attached hydrogen (secondary N) is 1. The molecule has 0 unspecified atom stereocenters. The molecule has 2 aromatic rings. The van der Waals surface area contributed by atoms with Crippen molar-refractivity contribution in [2.24, 2.45) is 0 Å². The van der Waals surface area contributed by atoms with E-state index in [1.807, 2.05) is 59.7 Å². The molecule has 1 atom stereocenters. The van der Waals surface area contributed by atoms with Gasteiger partial charge in [-0.05, 0) is 82.3 Å². The van der Waals surface area contributed by atoms with Crippen LogP contribution in [0.1, 0.15) is 63.6 Å². The molecule has 37 heavy (non-hydrogen) atoms. The second-order valence-corrected chi connectivity index (χ2v) is 12.4. The standard InChI is InChI=1S/C28H40FN3O4S/c1-8-24(27(34)30-28(4,5)6)31(19-22-13-15-23(29)16-14-22)26(33)10-9-17-32(37(7,35)36)25-18-20(2)11-12-21(25)3/h11-16,18,24H,8-10,17,19H2,1-7H3,(H,30,34)/t24-/m0/s1. The number of carbonyl (C=O) groups excluding carboxylic acids is 2. The number of anilines is 1. The Morgan fingerprint density at radius 2 is 1.68 bits per heavy atom. The zero-order valence-electron chi connectivity index (χ0n) is 23.0. The Morgan fingerprint density at radius 1 is 1.05 bits per heavy atom. The lowest BCUT2D eigenvalue weighted by Gasteiger charge is -2.33. The molecule has 0 aliphatic rings. The van der Waals surface area contributed by atoms with Gasteiger partial charge in [0.1, 0.15) is 11.9 Å². The monoisotopic (exact) mass is 533 g/mol. The van der Waals surface area contributed by atoms with E-state index >= 15 is 0 Å². The molecule has 0 aliphatic carbocycles. The first-order chi connectivity index (χ1) is 17.1. The first-order valence-electron chi connectivity index (χ1n) is 12.5. The molecule has 7 nitrogen and oxygen atoms in total. The van der Waals surface area contributed by atoms with Crippen LogP contribution in [0.25, 0.3) is 0 Å². The van der Waals surface area contributed by atoms with Crippen LogP contribution in [0.5, 0.6) is 0 Å². The number of amides is 2. The van der Waals surface area contributed by atoms with Crippen LogP contribution in [-0.2, 0) is 26.2 Å². The van der Waals surface area contributed by atoms with Crippen molar-refractivity contribution in [2.75, 3.05) is 17.1 Å². The van der Waals surface area contributed by atoms with Gasteiger partial charge >= 0.3 is 0 Å². The van der Waals surface area contributed by atoms with Crippen LogP contribution < -0.4 is 9.62 Å². The van der Waals surface area contributed by atoms with E-state index in [1.165, 1.54) is 21.3 Å². The van der Waals surface area contributed by atoms with Crippen molar-refractivity contribution in [3.63, 3.8) is 0 Å². The third-order valence-corrected chi connectivity index (χ3v) is 7.12. The number of sulfonamides is 1. The summed E-state index contributed by atoms with van der Waals surface area (Å²) in [5, 5.41) is 2.95. The maximum atomic E-state index is 13.5. The zero-order chi connectivity index (χ0) is 28.0. The lowest BCUT2D eigenvalue weighted by molar-refractivity contribution is -0.142. The highest BCUT2D eigenvalue weighted by molar-refractivity contribution is 7.92. The van der Waals surface area contributed by atoms with Crippen LogP contribution in [0.4, 0.5) is 10.1 Å². The fraction of sp³-hybridized carbons (Fsp3) is 0.500. The minimum absolute atomic E-state index is 0.0530. The third-order valence-electron chi connectivity index (χ3n) is 5.94. The largest absolute Gasteiger partial charge is 0.350 e. The first kappa shape index (κ1) is 30.3. The van der Waals surface area contributed by atoms with Crippen molar-refractivity contribution in [2.45, 2.75) is 78.9 Å². The van der Waals surface area contributed by atoms with Crippen LogP contribution in [0.2, 0.25) is 0 Å². The van der Waals surface area contributed by atoms with Crippen LogP contribution in [-0.4, -0.2) is 49.5 Å². The minimum atomic E-state index is -3.57. The average molecular weight is 534 g/mol. The summed E-state index contributed by atoms with van der Waals surface area (Å²) in [5.74, 6) is -0.917. The number of halogens is 1. The van der Waals surface area contributed by atoms with Gasteiger partial charge in [-0.15, -0.1) is 0 Å². The molecule has 0 saturated heterocycles. The number of hydrogen-bond donors (Lipinski definition) is 1. The maximum absolute atomic E-state index is 13.5. The van der Waals surface area contributed by atoms with E-state index in [4.69, 9.17) is 0 Å². The summed E-state index contributed by atoms with van der Waals surface area (Å²) < 4.78 is 40.0. The molecule has 0 aliphatic heterocycles. The van der Waals surface area contributed by atoms with Crippen molar-refractivity contribution in [1.29, 1.82) is 0 Å². The predicted octanol–water partition coefficient (Wildman–Crippen LogP) is 4.71. The Balaban J connectivity index is 2.27.